The number of methoxy groups -OCH3 is 1. The molecule has 1 aromatic carbocycles. The van der Waals surface area contributed by atoms with Crippen LogP contribution in [0.25, 0.3) is 0 Å². The van der Waals surface area contributed by atoms with Crippen LogP contribution in [0.3, 0.4) is 0 Å². The Kier molecular flexibility index (Phi) is 8.86. The molecule has 0 saturated carbocycles. The number of hydrogen-bond acceptors (Lipinski definition) is 4. The van der Waals surface area contributed by atoms with Gasteiger partial charge in [-0.1, -0.05) is 57.2 Å². The molecule has 6 heteroatoms. The molecule has 0 aliphatic carbocycles. The molecule has 0 N–H and O–H groups in total. The average molecular weight is 417 g/mol. The summed E-state index contributed by atoms with van der Waals surface area (Å²) in [6.45, 7) is 7.87. The third-order valence-electron chi connectivity index (χ3n) is 4.53. The van der Waals surface area contributed by atoms with E-state index in [0.717, 1.165) is 10.4 Å². The van der Waals surface area contributed by atoms with Gasteiger partial charge in [0.05, 0.1) is 13.1 Å². The Hall–Kier alpha value is -2.18. The predicted octanol–water partition coefficient (Wildman–Crippen LogP) is 4.19. The van der Waals surface area contributed by atoms with Crippen molar-refractivity contribution in [3.05, 3.63) is 58.3 Å². The summed E-state index contributed by atoms with van der Waals surface area (Å²) in [5.41, 5.74) is 0.538. The van der Waals surface area contributed by atoms with Gasteiger partial charge in [0, 0.05) is 37.1 Å². The summed E-state index contributed by atoms with van der Waals surface area (Å²) >= 11 is 1.63. The van der Waals surface area contributed by atoms with E-state index in [9.17, 15) is 9.59 Å². The molecule has 2 rings (SSSR count). The largest absolute Gasteiger partial charge is 0.385 e. The maximum Gasteiger partial charge on any atom is 0.242 e. The molecule has 0 bridgehead atoms. The highest BCUT2D eigenvalue weighted by Crippen LogP contribution is 2.19. The van der Waals surface area contributed by atoms with Crippen LogP contribution in [0.15, 0.2) is 47.8 Å². The van der Waals surface area contributed by atoms with E-state index in [1.54, 1.807) is 23.3 Å². The monoisotopic (exact) mass is 416 g/mol. The second kappa shape index (κ2) is 11.1. The van der Waals surface area contributed by atoms with Crippen LogP contribution in [-0.2, 0) is 27.4 Å². The van der Waals surface area contributed by atoms with Crippen LogP contribution in [-0.4, -0.2) is 48.4 Å². The normalized spacial score (nSPS) is 11.3. The van der Waals surface area contributed by atoms with Crippen LogP contribution in [0.2, 0.25) is 0 Å². The standard InChI is InChI=1S/C23H32N2O3S/c1-23(2,3)22(27)24(13-9-14-28-4)18-21(26)25(17-20-12-8-15-29-20)16-19-10-6-5-7-11-19/h5-8,10-12,15H,9,13-14,16-18H2,1-4H3. The van der Waals surface area contributed by atoms with Crippen molar-refractivity contribution in [3.63, 3.8) is 0 Å². The molecule has 2 amide bonds. The van der Waals surface area contributed by atoms with Gasteiger partial charge in [-0.25, -0.2) is 0 Å². The molecule has 29 heavy (non-hydrogen) atoms. The highest BCUT2D eigenvalue weighted by atomic mass is 32.1. The summed E-state index contributed by atoms with van der Waals surface area (Å²) in [5, 5.41) is 2.01. The number of carbonyl (C=O) groups excluding carboxylic acids is 2. The minimum Gasteiger partial charge on any atom is -0.385 e. The lowest BCUT2D eigenvalue weighted by molar-refractivity contribution is -0.146. The van der Waals surface area contributed by atoms with Crippen molar-refractivity contribution in [2.75, 3.05) is 26.8 Å². The topological polar surface area (TPSA) is 49.9 Å². The summed E-state index contributed by atoms with van der Waals surface area (Å²) in [6.07, 6.45) is 0.704. The molecular formula is C23H32N2O3S. The van der Waals surface area contributed by atoms with Crippen molar-refractivity contribution < 1.29 is 14.3 Å². The third-order valence-corrected chi connectivity index (χ3v) is 5.39. The van der Waals surface area contributed by atoms with Crippen molar-refractivity contribution in [2.24, 2.45) is 5.41 Å². The maximum atomic E-state index is 13.3. The van der Waals surface area contributed by atoms with E-state index in [2.05, 4.69) is 0 Å². The van der Waals surface area contributed by atoms with Gasteiger partial charge in [0.1, 0.15) is 0 Å². The maximum absolute atomic E-state index is 13.3. The van der Waals surface area contributed by atoms with Crippen molar-refractivity contribution in [1.82, 2.24) is 9.80 Å². The van der Waals surface area contributed by atoms with E-state index in [4.69, 9.17) is 4.74 Å². The average Bonchev–Trinajstić information content (AvgIpc) is 3.19. The van der Waals surface area contributed by atoms with E-state index >= 15 is 0 Å². The van der Waals surface area contributed by atoms with Crippen LogP contribution < -0.4 is 0 Å². The van der Waals surface area contributed by atoms with Crippen LogP contribution in [0.4, 0.5) is 0 Å². The summed E-state index contributed by atoms with van der Waals surface area (Å²) in [7, 11) is 1.64. The number of rotatable bonds is 10. The van der Waals surface area contributed by atoms with Gasteiger partial charge in [0.25, 0.3) is 0 Å². The van der Waals surface area contributed by atoms with Gasteiger partial charge in [0.2, 0.25) is 11.8 Å². The Morgan fingerprint density at radius 1 is 1.00 bits per heavy atom. The molecule has 0 saturated heterocycles. The summed E-state index contributed by atoms with van der Waals surface area (Å²) in [6, 6.07) is 14.0. The number of amides is 2. The fraction of sp³-hybridized carbons (Fsp3) is 0.478. The number of thiophene rings is 1. The molecule has 0 fully saturated rings. The zero-order valence-electron chi connectivity index (χ0n) is 17.9. The number of carbonyl (C=O) groups is 2. The van der Waals surface area contributed by atoms with Crippen LogP contribution >= 0.6 is 11.3 Å². The predicted molar refractivity (Wildman–Crippen MR) is 118 cm³/mol. The van der Waals surface area contributed by atoms with Gasteiger partial charge in [-0.05, 0) is 23.4 Å². The molecule has 0 spiro atoms. The fourth-order valence-corrected chi connectivity index (χ4v) is 3.74. The molecule has 0 aliphatic rings. The molecule has 0 unspecified atom stereocenters. The molecule has 158 valence electrons. The summed E-state index contributed by atoms with van der Waals surface area (Å²) in [5.74, 6) is -0.0602. The molecule has 1 heterocycles. The summed E-state index contributed by atoms with van der Waals surface area (Å²) in [4.78, 5) is 30.8. The second-order valence-corrected chi connectivity index (χ2v) is 9.17. The van der Waals surface area contributed by atoms with Gasteiger partial charge in [-0.3, -0.25) is 9.59 Å². The van der Waals surface area contributed by atoms with E-state index in [0.29, 0.717) is 32.7 Å². The lowest BCUT2D eigenvalue weighted by Gasteiger charge is -2.31. The van der Waals surface area contributed by atoms with Gasteiger partial charge in [-0.15, -0.1) is 11.3 Å². The van der Waals surface area contributed by atoms with Crippen molar-refractivity contribution in [3.8, 4) is 0 Å². The molecule has 0 radical (unpaired) electrons. The number of ether oxygens (including phenoxy) is 1. The van der Waals surface area contributed by atoms with Crippen molar-refractivity contribution >= 4 is 23.2 Å². The fourth-order valence-electron chi connectivity index (χ4n) is 3.02. The summed E-state index contributed by atoms with van der Waals surface area (Å²) < 4.78 is 5.13. The first-order valence-electron chi connectivity index (χ1n) is 9.93. The minimum absolute atomic E-state index is 0.0160. The highest BCUT2D eigenvalue weighted by Gasteiger charge is 2.29. The van der Waals surface area contributed by atoms with Crippen LogP contribution in [0.1, 0.15) is 37.6 Å². The highest BCUT2D eigenvalue weighted by molar-refractivity contribution is 7.09. The lowest BCUT2D eigenvalue weighted by atomic mass is 9.94. The van der Waals surface area contributed by atoms with Gasteiger partial charge in [0.15, 0.2) is 0 Å². The molecular weight excluding hydrogens is 384 g/mol. The number of benzene rings is 1. The first kappa shape index (κ1) is 23.1. The zero-order chi connectivity index (χ0) is 21.3. The van der Waals surface area contributed by atoms with Gasteiger partial charge >= 0.3 is 0 Å². The quantitative estimate of drug-likeness (QED) is 0.546. The van der Waals surface area contributed by atoms with Crippen LogP contribution in [0.5, 0.6) is 0 Å². The van der Waals surface area contributed by atoms with Crippen molar-refractivity contribution in [2.45, 2.75) is 40.3 Å². The smallest absolute Gasteiger partial charge is 0.242 e. The third kappa shape index (κ3) is 7.63. The molecule has 0 aliphatic heterocycles. The number of hydrogen-bond donors (Lipinski definition) is 0. The van der Waals surface area contributed by atoms with E-state index < -0.39 is 5.41 Å². The van der Waals surface area contributed by atoms with E-state index in [1.165, 1.54) is 0 Å². The Bertz CT molecular complexity index is 754. The molecule has 5 nitrogen and oxygen atoms in total. The zero-order valence-corrected chi connectivity index (χ0v) is 18.7. The van der Waals surface area contributed by atoms with E-state index in [-0.39, 0.29) is 18.4 Å². The Balaban J connectivity index is 2.16. The Labute approximate surface area is 178 Å². The minimum atomic E-state index is -0.536. The van der Waals surface area contributed by atoms with Crippen LogP contribution in [0, 0.1) is 5.41 Å². The van der Waals surface area contributed by atoms with Crippen molar-refractivity contribution in [1.29, 1.82) is 0 Å². The first-order valence-corrected chi connectivity index (χ1v) is 10.8. The van der Waals surface area contributed by atoms with Gasteiger partial charge in [-0.2, -0.15) is 0 Å². The van der Waals surface area contributed by atoms with Gasteiger partial charge < -0.3 is 14.5 Å². The van der Waals surface area contributed by atoms with E-state index in [1.807, 2.05) is 73.5 Å². The second-order valence-electron chi connectivity index (χ2n) is 8.14. The lowest BCUT2D eigenvalue weighted by Crippen LogP contribution is -2.46. The molecule has 2 aromatic rings. The Morgan fingerprint density at radius 2 is 1.72 bits per heavy atom. The molecule has 1 aromatic heterocycles. The first-order chi connectivity index (χ1) is 13.8. The Morgan fingerprint density at radius 3 is 2.31 bits per heavy atom. The number of nitrogens with zero attached hydrogens (tertiary/aromatic N) is 2. The molecule has 0 atom stereocenters. The SMILES string of the molecule is COCCCN(CC(=O)N(Cc1ccccc1)Cc1cccs1)C(=O)C(C)(C)C.